The number of aromatic nitrogens is 2. The molecule has 1 heterocycles. The van der Waals surface area contributed by atoms with Crippen LogP contribution in [0.25, 0.3) is 11.4 Å². The summed E-state index contributed by atoms with van der Waals surface area (Å²) in [5.41, 5.74) is 1.34. The molecule has 0 saturated carbocycles. The molecule has 7 nitrogen and oxygen atoms in total. The molecular weight excluding hydrogens is 434 g/mol. The highest BCUT2D eigenvalue weighted by Gasteiger charge is 2.31. The number of nitrogens with one attached hydrogen (secondary N) is 1. The summed E-state index contributed by atoms with van der Waals surface area (Å²) in [6, 6.07) is 9.10. The van der Waals surface area contributed by atoms with Gasteiger partial charge in [0.15, 0.2) is 0 Å². The zero-order chi connectivity index (χ0) is 23.3. The summed E-state index contributed by atoms with van der Waals surface area (Å²) in [5.74, 6) is -0.651. The summed E-state index contributed by atoms with van der Waals surface area (Å²) in [5, 5.41) is 16.4. The number of carbonyl (C=O) groups is 1. The van der Waals surface area contributed by atoms with Crippen LogP contribution in [0, 0.1) is 12.7 Å². The van der Waals surface area contributed by atoms with Crippen molar-refractivity contribution >= 4 is 5.91 Å². The number of hydrogen-bond donors (Lipinski definition) is 2. The molecule has 0 saturated heterocycles. The number of rotatable bonds is 8. The van der Waals surface area contributed by atoms with Crippen molar-refractivity contribution in [2.75, 3.05) is 6.54 Å². The highest BCUT2D eigenvalue weighted by molar-refractivity contribution is 5.76. The van der Waals surface area contributed by atoms with E-state index >= 15 is 0 Å². The monoisotopic (exact) mass is 453 g/mol. The number of aryl methyl sites for hydroxylation is 2. The molecule has 3 rings (SSSR count). The number of aliphatic hydroxyl groups is 1. The van der Waals surface area contributed by atoms with E-state index in [1.807, 2.05) is 0 Å². The average molecular weight is 453 g/mol. The van der Waals surface area contributed by atoms with Crippen molar-refractivity contribution in [1.29, 1.82) is 0 Å². The largest absolute Gasteiger partial charge is 0.573 e. The fourth-order valence-corrected chi connectivity index (χ4v) is 2.79. The van der Waals surface area contributed by atoms with Gasteiger partial charge in [0, 0.05) is 24.9 Å². The number of nitrogens with zero attached hydrogens (tertiary/aromatic N) is 2. The molecule has 1 atom stereocenters. The van der Waals surface area contributed by atoms with Gasteiger partial charge in [0.2, 0.25) is 17.6 Å². The quantitative estimate of drug-likeness (QED) is 0.503. The fourth-order valence-electron chi connectivity index (χ4n) is 2.79. The second kappa shape index (κ2) is 9.77. The van der Waals surface area contributed by atoms with E-state index in [4.69, 9.17) is 4.52 Å². The molecule has 1 amide bonds. The van der Waals surface area contributed by atoms with Crippen LogP contribution in [-0.2, 0) is 11.2 Å². The second-order valence-electron chi connectivity index (χ2n) is 6.91. The van der Waals surface area contributed by atoms with Crippen molar-refractivity contribution in [3.8, 4) is 17.1 Å². The molecule has 1 aromatic heterocycles. The third-order valence-corrected chi connectivity index (χ3v) is 4.44. The van der Waals surface area contributed by atoms with Gasteiger partial charge >= 0.3 is 6.36 Å². The SMILES string of the molecule is Cc1cc(-c2noc(CCC(=O)NCC(O)c3ccc(OC(F)(F)F)cc3)n2)ccc1F. The zero-order valence-electron chi connectivity index (χ0n) is 16.8. The standard InChI is InChI=1S/C21H19F4N3O4/c1-12-10-14(4-7-16(12)22)20-27-19(32-28-20)9-8-18(30)26-11-17(29)13-2-5-15(6-3-13)31-21(23,24)25/h2-7,10,17,29H,8-9,11H2,1H3,(H,26,30). The lowest BCUT2D eigenvalue weighted by Crippen LogP contribution is -2.28. The van der Waals surface area contributed by atoms with Crippen molar-refractivity contribution < 1.29 is 36.7 Å². The van der Waals surface area contributed by atoms with Gasteiger partial charge < -0.3 is 19.7 Å². The minimum absolute atomic E-state index is 0.00909. The van der Waals surface area contributed by atoms with Gasteiger partial charge in [-0.1, -0.05) is 17.3 Å². The second-order valence-corrected chi connectivity index (χ2v) is 6.91. The molecular formula is C21H19F4N3O4. The highest BCUT2D eigenvalue weighted by atomic mass is 19.4. The molecule has 0 spiro atoms. The maximum atomic E-state index is 13.4. The maximum absolute atomic E-state index is 13.4. The molecule has 1 unspecified atom stereocenters. The molecule has 0 aliphatic rings. The Morgan fingerprint density at radius 1 is 1.22 bits per heavy atom. The average Bonchev–Trinajstić information content (AvgIpc) is 3.21. The van der Waals surface area contributed by atoms with E-state index in [0.717, 1.165) is 12.1 Å². The van der Waals surface area contributed by atoms with Crippen LogP contribution in [0.3, 0.4) is 0 Å². The van der Waals surface area contributed by atoms with Crippen LogP contribution in [0.1, 0.15) is 29.5 Å². The van der Waals surface area contributed by atoms with E-state index in [0.29, 0.717) is 16.7 Å². The van der Waals surface area contributed by atoms with Crippen molar-refractivity contribution in [2.45, 2.75) is 32.2 Å². The Morgan fingerprint density at radius 2 is 1.94 bits per heavy atom. The van der Waals surface area contributed by atoms with E-state index < -0.39 is 24.1 Å². The number of ether oxygens (including phenoxy) is 1. The maximum Gasteiger partial charge on any atom is 0.573 e. The molecule has 2 N–H and O–H groups in total. The van der Waals surface area contributed by atoms with Crippen LogP contribution in [0.15, 0.2) is 47.0 Å². The molecule has 170 valence electrons. The lowest BCUT2D eigenvalue weighted by molar-refractivity contribution is -0.274. The number of alkyl halides is 3. The molecule has 3 aromatic rings. The van der Waals surface area contributed by atoms with Crippen LogP contribution in [0.4, 0.5) is 17.6 Å². The molecule has 2 aromatic carbocycles. The van der Waals surface area contributed by atoms with E-state index in [-0.39, 0.29) is 36.9 Å². The van der Waals surface area contributed by atoms with E-state index in [2.05, 4.69) is 20.2 Å². The highest BCUT2D eigenvalue weighted by Crippen LogP contribution is 2.24. The number of aliphatic hydroxyl groups excluding tert-OH is 1. The number of amides is 1. The summed E-state index contributed by atoms with van der Waals surface area (Å²) < 4.78 is 58.8. The zero-order valence-corrected chi connectivity index (χ0v) is 16.8. The van der Waals surface area contributed by atoms with Gasteiger partial charge in [-0.25, -0.2) is 4.39 Å². The summed E-state index contributed by atoms with van der Waals surface area (Å²) in [4.78, 5) is 16.2. The first-order chi connectivity index (χ1) is 15.1. The Bertz CT molecular complexity index is 1070. The number of carbonyl (C=O) groups excluding carboxylic acids is 1. The minimum atomic E-state index is -4.80. The molecule has 32 heavy (non-hydrogen) atoms. The Hall–Kier alpha value is -3.47. The summed E-state index contributed by atoms with van der Waals surface area (Å²) in [6.07, 6.45) is -5.76. The van der Waals surface area contributed by atoms with Crippen molar-refractivity contribution in [2.24, 2.45) is 0 Å². The first-order valence-electron chi connectivity index (χ1n) is 9.50. The molecule has 0 aliphatic carbocycles. The Balaban J connectivity index is 1.46. The summed E-state index contributed by atoms with van der Waals surface area (Å²) in [7, 11) is 0. The Kier molecular flexibility index (Phi) is 7.08. The number of halogens is 4. The van der Waals surface area contributed by atoms with Gasteiger partial charge in [-0.15, -0.1) is 13.2 Å². The van der Waals surface area contributed by atoms with Gasteiger partial charge in [0.1, 0.15) is 11.6 Å². The van der Waals surface area contributed by atoms with E-state index in [1.165, 1.54) is 24.3 Å². The Morgan fingerprint density at radius 3 is 2.59 bits per heavy atom. The molecule has 0 radical (unpaired) electrons. The fraction of sp³-hybridized carbons (Fsp3) is 0.286. The lowest BCUT2D eigenvalue weighted by Gasteiger charge is -2.13. The first kappa shape index (κ1) is 23.2. The number of hydrogen-bond acceptors (Lipinski definition) is 6. The number of benzene rings is 2. The van der Waals surface area contributed by atoms with Gasteiger partial charge in [0.05, 0.1) is 6.10 Å². The van der Waals surface area contributed by atoms with Crippen LogP contribution < -0.4 is 10.1 Å². The third kappa shape index (κ3) is 6.51. The van der Waals surface area contributed by atoms with Crippen LogP contribution in [0.2, 0.25) is 0 Å². The summed E-state index contributed by atoms with van der Waals surface area (Å²) >= 11 is 0. The molecule has 0 bridgehead atoms. The molecule has 11 heteroatoms. The summed E-state index contributed by atoms with van der Waals surface area (Å²) in [6.45, 7) is 1.48. The smallest absolute Gasteiger partial charge is 0.406 e. The Labute approximate surface area is 180 Å². The van der Waals surface area contributed by atoms with Crippen LogP contribution in [0.5, 0.6) is 5.75 Å². The van der Waals surface area contributed by atoms with Crippen molar-refractivity contribution in [3.05, 3.63) is 65.3 Å². The van der Waals surface area contributed by atoms with E-state index in [1.54, 1.807) is 13.0 Å². The normalized spacial score (nSPS) is 12.4. The van der Waals surface area contributed by atoms with Gasteiger partial charge in [-0.3, -0.25) is 4.79 Å². The van der Waals surface area contributed by atoms with E-state index in [9.17, 15) is 27.5 Å². The van der Waals surface area contributed by atoms with Gasteiger partial charge in [-0.05, 0) is 48.4 Å². The molecule has 0 fully saturated rings. The first-order valence-corrected chi connectivity index (χ1v) is 9.50. The van der Waals surface area contributed by atoms with Gasteiger partial charge in [-0.2, -0.15) is 4.98 Å². The van der Waals surface area contributed by atoms with Gasteiger partial charge in [0.25, 0.3) is 0 Å². The van der Waals surface area contributed by atoms with Crippen molar-refractivity contribution in [3.63, 3.8) is 0 Å². The van der Waals surface area contributed by atoms with Crippen molar-refractivity contribution in [1.82, 2.24) is 15.5 Å². The minimum Gasteiger partial charge on any atom is -0.406 e. The van der Waals surface area contributed by atoms with Crippen LogP contribution in [-0.4, -0.2) is 34.1 Å². The lowest BCUT2D eigenvalue weighted by atomic mass is 10.1. The van der Waals surface area contributed by atoms with Crippen LogP contribution >= 0.6 is 0 Å². The molecule has 0 aliphatic heterocycles. The topological polar surface area (TPSA) is 97.5 Å². The predicted molar refractivity (Wildman–Crippen MR) is 104 cm³/mol. The third-order valence-electron chi connectivity index (χ3n) is 4.44. The predicted octanol–water partition coefficient (Wildman–Crippen LogP) is 3.87.